The van der Waals surface area contributed by atoms with Crippen molar-refractivity contribution in [3.05, 3.63) is 12.7 Å². The summed E-state index contributed by atoms with van der Waals surface area (Å²) >= 11 is 0. The second kappa shape index (κ2) is 15.3. The van der Waals surface area contributed by atoms with Crippen molar-refractivity contribution in [2.45, 2.75) is 123 Å². The molecule has 0 bridgehead atoms. The molecule has 0 saturated heterocycles. The van der Waals surface area contributed by atoms with Crippen LogP contribution in [-0.2, 0) is 34.9 Å². The Morgan fingerprint density at radius 3 is 1.93 bits per heavy atom. The standard InChI is InChI=1S/C31H52N7O6P/c1-22(16-38-20-35-25-26(32)33-19-34-27(25)38)44-21-45(41,36-30(2,3)28(39)42-17-23-12-8-6-9-13-23)37-31(4,5)29(40)43-18-24-14-10-7-11-15-24/h19-20,22-24H,6-18,21H2,1-5H3,(H2,32,33,34)(H2,36,37,41)/t22-/m1/s1. The number of hydrogen-bond acceptors (Lipinski definition) is 10. The largest absolute Gasteiger partial charge is 0.464 e. The number of nitrogens with two attached hydrogens (primary N) is 1. The van der Waals surface area contributed by atoms with Crippen LogP contribution < -0.4 is 15.9 Å². The molecule has 13 nitrogen and oxygen atoms in total. The fourth-order valence-corrected chi connectivity index (χ4v) is 8.77. The number of fused-ring (bicyclic) bond motifs is 1. The summed E-state index contributed by atoms with van der Waals surface area (Å²) in [5, 5.41) is 6.01. The Bertz CT molecular complexity index is 1280. The van der Waals surface area contributed by atoms with Crippen LogP contribution in [0.1, 0.15) is 98.8 Å². The van der Waals surface area contributed by atoms with Crippen LogP contribution in [0.4, 0.5) is 5.82 Å². The van der Waals surface area contributed by atoms with Gasteiger partial charge < -0.3 is 24.5 Å². The lowest BCUT2D eigenvalue weighted by Crippen LogP contribution is -2.54. The van der Waals surface area contributed by atoms with E-state index in [-0.39, 0.29) is 12.2 Å². The van der Waals surface area contributed by atoms with Crippen LogP contribution >= 0.6 is 7.44 Å². The van der Waals surface area contributed by atoms with Gasteiger partial charge in [0, 0.05) is 0 Å². The van der Waals surface area contributed by atoms with Crippen LogP contribution in [0, 0.1) is 11.8 Å². The molecule has 0 spiro atoms. The zero-order chi connectivity index (χ0) is 32.7. The highest BCUT2D eigenvalue weighted by molar-refractivity contribution is 7.59. The molecule has 2 heterocycles. The summed E-state index contributed by atoms with van der Waals surface area (Å²) in [6, 6.07) is 0. The first kappa shape index (κ1) is 35.3. The van der Waals surface area contributed by atoms with Gasteiger partial charge >= 0.3 is 11.9 Å². The number of nitrogen functional groups attached to an aromatic ring is 1. The van der Waals surface area contributed by atoms with E-state index in [2.05, 4.69) is 25.1 Å². The molecule has 2 aromatic rings. The van der Waals surface area contributed by atoms with E-state index in [9.17, 15) is 14.2 Å². The summed E-state index contributed by atoms with van der Waals surface area (Å²) in [5.74, 6) is -0.0675. The van der Waals surface area contributed by atoms with Crippen molar-refractivity contribution in [2.75, 3.05) is 25.3 Å². The monoisotopic (exact) mass is 649 g/mol. The van der Waals surface area contributed by atoms with E-state index in [1.807, 2.05) is 6.92 Å². The van der Waals surface area contributed by atoms with Gasteiger partial charge in [0.2, 0.25) is 7.44 Å². The Hall–Kier alpha value is -2.60. The second-order valence-corrected chi connectivity index (χ2v) is 16.0. The highest BCUT2D eigenvalue weighted by Gasteiger charge is 2.43. The summed E-state index contributed by atoms with van der Waals surface area (Å²) in [6.07, 6.45) is 13.3. The quantitative estimate of drug-likeness (QED) is 0.175. The van der Waals surface area contributed by atoms with Crippen molar-refractivity contribution < 1.29 is 28.4 Å². The van der Waals surface area contributed by atoms with Gasteiger partial charge in [0.05, 0.1) is 32.2 Å². The Kier molecular flexibility index (Phi) is 12.0. The zero-order valence-electron chi connectivity index (χ0n) is 27.5. The molecule has 4 N–H and O–H groups in total. The molecule has 4 rings (SSSR count). The average molecular weight is 650 g/mol. The third kappa shape index (κ3) is 9.94. The number of aromatic nitrogens is 4. The van der Waals surface area contributed by atoms with Gasteiger partial charge in [0.25, 0.3) is 0 Å². The summed E-state index contributed by atoms with van der Waals surface area (Å²) in [7, 11) is -3.78. The molecule has 0 aliphatic heterocycles. The number of anilines is 1. The Morgan fingerprint density at radius 1 is 0.911 bits per heavy atom. The van der Waals surface area contributed by atoms with Crippen LogP contribution in [-0.4, -0.2) is 68.2 Å². The molecule has 2 aliphatic rings. The van der Waals surface area contributed by atoms with Gasteiger partial charge in [-0.1, -0.05) is 38.5 Å². The number of carbonyl (C=O) groups is 2. The topological polar surface area (TPSA) is 173 Å². The first-order valence-electron chi connectivity index (χ1n) is 16.3. The predicted octanol–water partition coefficient (Wildman–Crippen LogP) is 4.95. The maximum atomic E-state index is 14.6. The molecular weight excluding hydrogens is 597 g/mol. The molecular formula is C31H52N7O6P. The molecule has 252 valence electrons. The Labute approximate surface area is 266 Å². The van der Waals surface area contributed by atoms with Crippen LogP contribution in [0.2, 0.25) is 0 Å². The molecule has 0 unspecified atom stereocenters. The minimum Gasteiger partial charge on any atom is -0.464 e. The van der Waals surface area contributed by atoms with E-state index in [4.69, 9.17) is 19.9 Å². The zero-order valence-corrected chi connectivity index (χ0v) is 28.4. The van der Waals surface area contributed by atoms with Crippen molar-refractivity contribution in [3.8, 4) is 0 Å². The van der Waals surface area contributed by atoms with Gasteiger partial charge in [-0.2, -0.15) is 0 Å². The third-order valence-corrected chi connectivity index (χ3v) is 11.1. The second-order valence-electron chi connectivity index (χ2n) is 13.9. The molecule has 0 radical (unpaired) electrons. The average Bonchev–Trinajstić information content (AvgIpc) is 3.41. The van der Waals surface area contributed by atoms with Gasteiger partial charge in [0.1, 0.15) is 29.3 Å². The highest BCUT2D eigenvalue weighted by atomic mass is 31.2. The summed E-state index contributed by atoms with van der Waals surface area (Å²) in [5.41, 5.74) is 4.30. The van der Waals surface area contributed by atoms with E-state index < -0.39 is 36.6 Å². The van der Waals surface area contributed by atoms with Gasteiger partial charge in [-0.25, -0.2) is 25.1 Å². The first-order valence-corrected chi connectivity index (χ1v) is 18.2. The molecule has 0 aromatic carbocycles. The lowest BCUT2D eigenvalue weighted by Gasteiger charge is -2.36. The lowest BCUT2D eigenvalue weighted by atomic mass is 9.90. The number of nitrogens with zero attached hydrogens (tertiary/aromatic N) is 4. The van der Waals surface area contributed by atoms with Gasteiger partial charge in [-0.3, -0.25) is 14.2 Å². The number of imidazole rings is 1. The molecule has 2 saturated carbocycles. The van der Waals surface area contributed by atoms with Crippen molar-refractivity contribution in [2.24, 2.45) is 11.8 Å². The van der Waals surface area contributed by atoms with Crippen molar-refractivity contribution in [3.63, 3.8) is 0 Å². The van der Waals surface area contributed by atoms with E-state index >= 15 is 0 Å². The summed E-state index contributed by atoms with van der Waals surface area (Å²) in [4.78, 5) is 39.1. The molecule has 2 aromatic heterocycles. The van der Waals surface area contributed by atoms with E-state index in [1.54, 1.807) is 38.6 Å². The number of carbonyl (C=O) groups excluding carboxylic acids is 2. The molecule has 0 amide bonds. The highest BCUT2D eigenvalue weighted by Crippen LogP contribution is 2.42. The van der Waals surface area contributed by atoms with Gasteiger partial charge in [-0.15, -0.1) is 0 Å². The Morgan fingerprint density at radius 2 is 1.42 bits per heavy atom. The fourth-order valence-electron chi connectivity index (χ4n) is 6.14. The fraction of sp³-hybridized carbons (Fsp3) is 0.774. The molecule has 1 atom stereocenters. The molecule has 14 heteroatoms. The van der Waals surface area contributed by atoms with Crippen LogP contribution in [0.3, 0.4) is 0 Å². The number of nitrogens with one attached hydrogen (secondary N) is 2. The van der Waals surface area contributed by atoms with Gasteiger partial charge in [-0.05, 0) is 72.1 Å². The van der Waals surface area contributed by atoms with E-state index in [0.29, 0.717) is 42.8 Å². The van der Waals surface area contributed by atoms with Crippen LogP contribution in [0.15, 0.2) is 12.7 Å². The summed E-state index contributed by atoms with van der Waals surface area (Å²) in [6.45, 7) is 9.35. The number of esters is 2. The first-order chi connectivity index (χ1) is 21.3. The van der Waals surface area contributed by atoms with E-state index in [1.165, 1.54) is 19.2 Å². The maximum absolute atomic E-state index is 14.6. The summed E-state index contributed by atoms with van der Waals surface area (Å²) < 4.78 is 33.9. The Balaban J connectivity index is 1.44. The van der Waals surface area contributed by atoms with Crippen LogP contribution in [0.5, 0.6) is 0 Å². The molecule has 2 fully saturated rings. The number of ether oxygens (including phenoxy) is 3. The number of rotatable bonds is 15. The molecule has 45 heavy (non-hydrogen) atoms. The normalized spacial score (nSPS) is 18.2. The van der Waals surface area contributed by atoms with Crippen molar-refractivity contribution >= 4 is 36.4 Å². The van der Waals surface area contributed by atoms with Gasteiger partial charge in [0.15, 0.2) is 11.5 Å². The minimum absolute atomic E-state index is 0.278. The van der Waals surface area contributed by atoms with Crippen LogP contribution in [0.25, 0.3) is 11.2 Å². The molecule has 2 aliphatic carbocycles. The smallest absolute Gasteiger partial charge is 0.326 e. The minimum atomic E-state index is -3.78. The number of hydrogen-bond donors (Lipinski definition) is 3. The third-order valence-electron chi connectivity index (χ3n) is 8.71. The SMILES string of the molecule is C[C@H](Cn1cnc2c(N)ncnc21)OCP(=O)(NC(C)(C)C(=O)OCC1CCCCC1)NC(C)(C)C(=O)OCC1CCCCC1. The van der Waals surface area contributed by atoms with Crippen molar-refractivity contribution in [1.29, 1.82) is 0 Å². The van der Waals surface area contributed by atoms with Crippen molar-refractivity contribution in [1.82, 2.24) is 29.7 Å². The predicted molar refractivity (Wildman–Crippen MR) is 172 cm³/mol. The van der Waals surface area contributed by atoms with E-state index in [0.717, 1.165) is 51.4 Å². The maximum Gasteiger partial charge on any atom is 0.326 e. The lowest BCUT2D eigenvalue weighted by molar-refractivity contribution is -0.151.